The summed E-state index contributed by atoms with van der Waals surface area (Å²) in [5.41, 5.74) is 5.29. The maximum absolute atomic E-state index is 11.2. The second kappa shape index (κ2) is 10.8. The van der Waals surface area contributed by atoms with Crippen molar-refractivity contribution in [1.29, 1.82) is 0 Å². The molecule has 1 aromatic rings. The second-order valence-corrected chi connectivity index (χ2v) is 6.65. The fourth-order valence-electron chi connectivity index (χ4n) is 2.56. The molecule has 0 aromatic carbocycles. The lowest BCUT2D eigenvalue weighted by molar-refractivity contribution is -0.116. The average Bonchev–Trinajstić information content (AvgIpc) is 2.64. The molecule has 10 heteroatoms. The number of primary amides is 1. The number of ether oxygens (including phenoxy) is 2. The third-order valence-electron chi connectivity index (χ3n) is 4.21. The molecule has 1 aromatic heterocycles. The first-order chi connectivity index (χ1) is 13.0. The highest BCUT2D eigenvalue weighted by Crippen LogP contribution is 2.18. The molecule has 152 valence electrons. The van der Waals surface area contributed by atoms with Gasteiger partial charge in [0.15, 0.2) is 0 Å². The maximum atomic E-state index is 11.2. The van der Waals surface area contributed by atoms with Crippen LogP contribution < -0.4 is 20.3 Å². The van der Waals surface area contributed by atoms with Gasteiger partial charge in [0.1, 0.15) is 6.61 Å². The Kier molecular flexibility index (Phi) is 8.46. The predicted octanol–water partition coefficient (Wildman–Crippen LogP) is -0.260. The second-order valence-electron chi connectivity index (χ2n) is 6.65. The number of unbranched alkanes of at least 4 members (excludes halogenated alkanes) is 1. The lowest BCUT2D eigenvalue weighted by Gasteiger charge is -2.32. The molecule has 1 aliphatic rings. The molecular formula is C17H31N7O3. The summed E-state index contributed by atoms with van der Waals surface area (Å²) in [7, 11) is 3.80. The van der Waals surface area contributed by atoms with E-state index < -0.39 is 5.91 Å². The number of likely N-dealkylation sites (N-methyl/N-ethyl adjacent to an activating group) is 2. The van der Waals surface area contributed by atoms with Gasteiger partial charge in [-0.05, 0) is 13.5 Å². The van der Waals surface area contributed by atoms with E-state index in [1.165, 1.54) is 0 Å². The monoisotopic (exact) mass is 381 g/mol. The van der Waals surface area contributed by atoms with Crippen LogP contribution in [0.1, 0.15) is 19.8 Å². The molecule has 27 heavy (non-hydrogen) atoms. The highest BCUT2D eigenvalue weighted by Gasteiger charge is 2.20. The first-order valence-corrected chi connectivity index (χ1v) is 9.39. The van der Waals surface area contributed by atoms with Gasteiger partial charge in [-0.2, -0.15) is 15.0 Å². The molecule has 0 aliphatic carbocycles. The largest absolute Gasteiger partial charge is 0.461 e. The summed E-state index contributed by atoms with van der Waals surface area (Å²) in [6.07, 6.45) is 2.12. The van der Waals surface area contributed by atoms with E-state index in [4.69, 9.17) is 15.2 Å². The summed E-state index contributed by atoms with van der Waals surface area (Å²) in [6.45, 7) is 7.19. The molecule has 2 N–H and O–H groups in total. The van der Waals surface area contributed by atoms with Crippen LogP contribution in [-0.4, -0.2) is 92.4 Å². The summed E-state index contributed by atoms with van der Waals surface area (Å²) >= 11 is 0. The van der Waals surface area contributed by atoms with Crippen molar-refractivity contribution in [3.05, 3.63) is 0 Å². The van der Waals surface area contributed by atoms with E-state index in [0.717, 1.165) is 45.6 Å². The fourth-order valence-corrected chi connectivity index (χ4v) is 2.56. The van der Waals surface area contributed by atoms with E-state index in [0.29, 0.717) is 25.1 Å². The van der Waals surface area contributed by atoms with Crippen molar-refractivity contribution >= 4 is 17.8 Å². The zero-order valence-corrected chi connectivity index (χ0v) is 16.6. The van der Waals surface area contributed by atoms with Crippen molar-refractivity contribution in [3.8, 4) is 6.01 Å². The number of carbonyl (C=O) groups is 1. The Morgan fingerprint density at radius 3 is 2.56 bits per heavy atom. The number of nitrogens with zero attached hydrogens (tertiary/aromatic N) is 6. The van der Waals surface area contributed by atoms with Gasteiger partial charge in [-0.1, -0.05) is 13.3 Å². The van der Waals surface area contributed by atoms with Crippen LogP contribution in [-0.2, 0) is 9.53 Å². The topological polar surface area (TPSA) is 110 Å². The quantitative estimate of drug-likeness (QED) is 0.518. The van der Waals surface area contributed by atoms with Gasteiger partial charge in [0.25, 0.3) is 0 Å². The van der Waals surface area contributed by atoms with Crippen LogP contribution in [0.2, 0.25) is 0 Å². The van der Waals surface area contributed by atoms with Gasteiger partial charge in [-0.15, -0.1) is 0 Å². The van der Waals surface area contributed by atoms with Gasteiger partial charge in [-0.25, -0.2) is 0 Å². The van der Waals surface area contributed by atoms with Crippen LogP contribution in [0.15, 0.2) is 0 Å². The Bertz CT molecular complexity index is 594. The molecule has 1 saturated heterocycles. The Morgan fingerprint density at radius 1 is 1.15 bits per heavy atom. The Labute approximate surface area is 160 Å². The molecule has 2 heterocycles. The van der Waals surface area contributed by atoms with Gasteiger partial charge >= 0.3 is 6.01 Å². The normalized spacial score (nSPS) is 15.0. The Hall–Kier alpha value is -2.20. The standard InChI is InChI=1S/C17H31N7O3/c1-4-5-10-26-11-12-27-17-20-15(23(3)13-14(18)25)19-16(21-17)24-8-6-22(2)7-9-24/h4-13H2,1-3H3,(H2,18,25). The smallest absolute Gasteiger partial charge is 0.323 e. The Morgan fingerprint density at radius 2 is 1.89 bits per heavy atom. The maximum Gasteiger partial charge on any atom is 0.323 e. The van der Waals surface area contributed by atoms with Gasteiger partial charge in [0.2, 0.25) is 17.8 Å². The molecule has 0 atom stereocenters. The van der Waals surface area contributed by atoms with Crippen LogP contribution in [0.25, 0.3) is 0 Å². The summed E-state index contributed by atoms with van der Waals surface area (Å²) in [5.74, 6) is 0.455. The van der Waals surface area contributed by atoms with Crippen molar-refractivity contribution in [1.82, 2.24) is 19.9 Å². The third-order valence-corrected chi connectivity index (χ3v) is 4.21. The minimum atomic E-state index is -0.453. The molecule has 1 amide bonds. The minimum absolute atomic E-state index is 0.0196. The van der Waals surface area contributed by atoms with Gasteiger partial charge < -0.3 is 29.9 Å². The fraction of sp³-hybridized carbons (Fsp3) is 0.765. The molecule has 10 nitrogen and oxygen atoms in total. The van der Waals surface area contributed by atoms with E-state index in [9.17, 15) is 4.79 Å². The van der Waals surface area contributed by atoms with Crippen molar-refractivity contribution in [3.63, 3.8) is 0 Å². The van der Waals surface area contributed by atoms with Crippen molar-refractivity contribution in [2.45, 2.75) is 19.8 Å². The van der Waals surface area contributed by atoms with Crippen LogP contribution in [0, 0.1) is 0 Å². The molecule has 1 fully saturated rings. The summed E-state index contributed by atoms with van der Waals surface area (Å²) < 4.78 is 11.2. The van der Waals surface area contributed by atoms with E-state index in [1.807, 2.05) is 0 Å². The number of rotatable bonds is 11. The van der Waals surface area contributed by atoms with Gasteiger partial charge in [0.05, 0.1) is 13.2 Å². The molecule has 0 unspecified atom stereocenters. The lowest BCUT2D eigenvalue weighted by atomic mass is 10.3. The third kappa shape index (κ3) is 7.14. The lowest BCUT2D eigenvalue weighted by Crippen LogP contribution is -2.45. The Balaban J connectivity index is 2.06. The van der Waals surface area contributed by atoms with E-state index >= 15 is 0 Å². The molecule has 0 saturated carbocycles. The van der Waals surface area contributed by atoms with Gasteiger partial charge in [-0.3, -0.25) is 4.79 Å². The summed E-state index contributed by atoms with van der Waals surface area (Å²) in [6, 6.07) is 0.226. The van der Waals surface area contributed by atoms with E-state index in [1.54, 1.807) is 11.9 Å². The molecule has 0 spiro atoms. The average molecular weight is 381 g/mol. The van der Waals surface area contributed by atoms with Crippen LogP contribution in [0.4, 0.5) is 11.9 Å². The minimum Gasteiger partial charge on any atom is -0.461 e. The number of hydrogen-bond acceptors (Lipinski definition) is 9. The SMILES string of the molecule is CCCCOCCOc1nc(N(C)CC(N)=O)nc(N2CCN(C)CC2)n1. The highest BCUT2D eigenvalue weighted by molar-refractivity contribution is 5.78. The van der Waals surface area contributed by atoms with Crippen molar-refractivity contribution in [2.24, 2.45) is 5.73 Å². The van der Waals surface area contributed by atoms with Crippen LogP contribution >= 0.6 is 0 Å². The zero-order valence-electron chi connectivity index (χ0n) is 16.6. The van der Waals surface area contributed by atoms with E-state index in [2.05, 4.69) is 38.7 Å². The molecule has 2 rings (SSSR count). The molecule has 0 radical (unpaired) electrons. The molecular weight excluding hydrogens is 350 g/mol. The van der Waals surface area contributed by atoms with Crippen molar-refractivity contribution in [2.75, 3.05) is 76.4 Å². The summed E-state index contributed by atoms with van der Waals surface area (Å²) in [5, 5.41) is 0. The number of anilines is 2. The number of piperazine rings is 1. The zero-order chi connectivity index (χ0) is 19.6. The predicted molar refractivity (Wildman–Crippen MR) is 103 cm³/mol. The first-order valence-electron chi connectivity index (χ1n) is 9.39. The van der Waals surface area contributed by atoms with E-state index in [-0.39, 0.29) is 12.6 Å². The van der Waals surface area contributed by atoms with Crippen LogP contribution in [0.3, 0.4) is 0 Å². The first kappa shape index (κ1) is 21.1. The number of amides is 1. The number of hydrogen-bond donors (Lipinski definition) is 1. The highest BCUT2D eigenvalue weighted by atomic mass is 16.5. The van der Waals surface area contributed by atoms with Crippen molar-refractivity contribution < 1.29 is 14.3 Å². The number of aromatic nitrogens is 3. The summed E-state index contributed by atoms with van der Waals surface area (Å²) in [4.78, 5) is 30.4. The molecule has 1 aliphatic heterocycles. The molecule has 0 bridgehead atoms. The van der Waals surface area contributed by atoms with Gasteiger partial charge in [0, 0.05) is 39.8 Å². The van der Waals surface area contributed by atoms with Crippen LogP contribution in [0.5, 0.6) is 6.01 Å². The number of nitrogens with two attached hydrogens (primary N) is 1. The number of carbonyl (C=O) groups excluding carboxylic acids is 1.